The summed E-state index contributed by atoms with van der Waals surface area (Å²) in [6.45, 7) is 0.867. The van der Waals surface area contributed by atoms with Crippen molar-refractivity contribution in [2.24, 2.45) is 0 Å². The minimum Gasteiger partial charge on any atom is -0.467 e. The van der Waals surface area contributed by atoms with Gasteiger partial charge in [-0.15, -0.1) is 0 Å². The SMILES string of the molecule is COc1ncc(CC2CO2)cn1. The van der Waals surface area contributed by atoms with E-state index in [1.54, 1.807) is 19.5 Å². The normalized spacial score (nSPS) is 20.6. The molecule has 1 fully saturated rings. The van der Waals surface area contributed by atoms with Crippen LogP contribution in [0.4, 0.5) is 0 Å². The molecule has 0 amide bonds. The van der Waals surface area contributed by atoms with E-state index >= 15 is 0 Å². The summed E-state index contributed by atoms with van der Waals surface area (Å²) in [6, 6.07) is 0.412. The number of rotatable bonds is 3. The molecule has 12 heavy (non-hydrogen) atoms. The molecular weight excluding hydrogens is 156 g/mol. The second kappa shape index (κ2) is 3.06. The number of ether oxygens (including phenoxy) is 2. The van der Waals surface area contributed by atoms with Crippen LogP contribution < -0.4 is 4.74 Å². The fraction of sp³-hybridized carbons (Fsp3) is 0.500. The third-order valence-corrected chi connectivity index (χ3v) is 1.73. The number of aromatic nitrogens is 2. The number of nitrogens with zero attached hydrogens (tertiary/aromatic N) is 2. The summed E-state index contributed by atoms with van der Waals surface area (Å²) in [5.41, 5.74) is 1.10. The maximum absolute atomic E-state index is 5.08. The van der Waals surface area contributed by atoms with Gasteiger partial charge in [0.1, 0.15) is 0 Å². The van der Waals surface area contributed by atoms with Crippen LogP contribution in [0.1, 0.15) is 5.56 Å². The van der Waals surface area contributed by atoms with Crippen molar-refractivity contribution in [3.8, 4) is 6.01 Å². The summed E-state index contributed by atoms with van der Waals surface area (Å²) in [4.78, 5) is 7.98. The third kappa shape index (κ3) is 1.71. The molecule has 1 aliphatic heterocycles. The molecule has 1 unspecified atom stereocenters. The first-order chi connectivity index (χ1) is 5.88. The van der Waals surface area contributed by atoms with Gasteiger partial charge in [-0.25, -0.2) is 9.97 Å². The van der Waals surface area contributed by atoms with Gasteiger partial charge in [0, 0.05) is 18.8 Å². The standard InChI is InChI=1S/C8H10N2O2/c1-11-8-9-3-6(4-10-8)2-7-5-12-7/h3-4,7H,2,5H2,1H3. The monoisotopic (exact) mass is 166 g/mol. The average molecular weight is 166 g/mol. The average Bonchev–Trinajstić information content (AvgIpc) is 2.90. The number of hydrogen-bond donors (Lipinski definition) is 0. The first-order valence-corrected chi connectivity index (χ1v) is 3.85. The van der Waals surface area contributed by atoms with Crippen molar-refractivity contribution < 1.29 is 9.47 Å². The highest BCUT2D eigenvalue weighted by atomic mass is 16.6. The molecule has 1 aromatic heterocycles. The van der Waals surface area contributed by atoms with Gasteiger partial charge >= 0.3 is 6.01 Å². The molecule has 0 spiro atoms. The Morgan fingerprint density at radius 1 is 1.58 bits per heavy atom. The van der Waals surface area contributed by atoms with Gasteiger partial charge in [0.25, 0.3) is 0 Å². The second-order valence-corrected chi connectivity index (χ2v) is 2.74. The summed E-state index contributed by atoms with van der Waals surface area (Å²) in [6.07, 6.45) is 4.84. The predicted octanol–water partition coefficient (Wildman–Crippen LogP) is 0.426. The highest BCUT2D eigenvalue weighted by Gasteiger charge is 2.22. The summed E-state index contributed by atoms with van der Waals surface area (Å²) >= 11 is 0. The lowest BCUT2D eigenvalue weighted by atomic mass is 10.2. The zero-order valence-electron chi connectivity index (χ0n) is 6.86. The molecule has 1 atom stereocenters. The highest BCUT2D eigenvalue weighted by Crippen LogP contribution is 2.15. The fourth-order valence-corrected chi connectivity index (χ4v) is 1.00. The molecule has 1 saturated heterocycles. The van der Waals surface area contributed by atoms with Gasteiger partial charge in [0.15, 0.2) is 0 Å². The lowest BCUT2D eigenvalue weighted by Crippen LogP contribution is -1.97. The predicted molar refractivity (Wildman–Crippen MR) is 42.0 cm³/mol. The summed E-state index contributed by atoms with van der Waals surface area (Å²) in [5.74, 6) is 0. The maximum atomic E-state index is 5.08. The van der Waals surface area contributed by atoms with E-state index in [2.05, 4.69) is 9.97 Å². The summed E-state index contributed by atoms with van der Waals surface area (Å²) in [7, 11) is 1.55. The molecular formula is C8H10N2O2. The largest absolute Gasteiger partial charge is 0.467 e. The van der Waals surface area contributed by atoms with E-state index in [1.807, 2.05) is 0 Å². The van der Waals surface area contributed by atoms with Gasteiger partial charge in [0.05, 0.1) is 19.8 Å². The Hall–Kier alpha value is -1.16. The summed E-state index contributed by atoms with van der Waals surface area (Å²) in [5, 5.41) is 0. The first kappa shape index (κ1) is 7.49. The zero-order chi connectivity index (χ0) is 8.39. The Morgan fingerprint density at radius 2 is 2.25 bits per heavy atom. The van der Waals surface area contributed by atoms with E-state index in [9.17, 15) is 0 Å². The van der Waals surface area contributed by atoms with Crippen LogP contribution in [0, 0.1) is 0 Å². The van der Waals surface area contributed by atoms with Crippen molar-refractivity contribution in [2.75, 3.05) is 13.7 Å². The van der Waals surface area contributed by atoms with E-state index in [1.165, 1.54) is 0 Å². The van der Waals surface area contributed by atoms with Gasteiger partial charge in [0.2, 0.25) is 0 Å². The van der Waals surface area contributed by atoms with Crippen LogP contribution in [0.2, 0.25) is 0 Å². The van der Waals surface area contributed by atoms with Crippen LogP contribution in [0.15, 0.2) is 12.4 Å². The van der Waals surface area contributed by atoms with Crippen LogP contribution in [0.25, 0.3) is 0 Å². The van der Waals surface area contributed by atoms with E-state index in [0.29, 0.717) is 12.1 Å². The Labute approximate surface area is 70.6 Å². The van der Waals surface area contributed by atoms with Crippen LogP contribution in [0.3, 0.4) is 0 Å². The van der Waals surface area contributed by atoms with Gasteiger partial charge in [-0.3, -0.25) is 0 Å². The molecule has 0 aliphatic carbocycles. The molecule has 1 aromatic rings. The second-order valence-electron chi connectivity index (χ2n) is 2.74. The van der Waals surface area contributed by atoms with Crippen LogP contribution >= 0.6 is 0 Å². The lowest BCUT2D eigenvalue weighted by Gasteiger charge is -1.98. The molecule has 0 aromatic carbocycles. The summed E-state index contributed by atoms with van der Waals surface area (Å²) < 4.78 is 9.92. The Bertz CT molecular complexity index is 256. The topological polar surface area (TPSA) is 47.5 Å². The maximum Gasteiger partial charge on any atom is 0.316 e. The number of epoxide rings is 1. The third-order valence-electron chi connectivity index (χ3n) is 1.73. The van der Waals surface area contributed by atoms with E-state index in [4.69, 9.17) is 9.47 Å². The van der Waals surface area contributed by atoms with Crippen LogP contribution in [0.5, 0.6) is 6.01 Å². The molecule has 4 heteroatoms. The van der Waals surface area contributed by atoms with Crippen LogP contribution in [-0.4, -0.2) is 29.8 Å². The van der Waals surface area contributed by atoms with Gasteiger partial charge in [-0.1, -0.05) is 0 Å². The zero-order valence-corrected chi connectivity index (χ0v) is 6.86. The minimum atomic E-state index is 0.391. The minimum absolute atomic E-state index is 0.391. The van der Waals surface area contributed by atoms with E-state index in [-0.39, 0.29) is 0 Å². The van der Waals surface area contributed by atoms with Crippen molar-refractivity contribution in [2.45, 2.75) is 12.5 Å². The van der Waals surface area contributed by atoms with Gasteiger partial charge in [-0.05, 0) is 5.56 Å². The van der Waals surface area contributed by atoms with Gasteiger partial charge in [-0.2, -0.15) is 0 Å². The van der Waals surface area contributed by atoms with Crippen molar-refractivity contribution in [1.82, 2.24) is 9.97 Å². The van der Waals surface area contributed by atoms with Crippen molar-refractivity contribution in [3.05, 3.63) is 18.0 Å². The number of methoxy groups -OCH3 is 1. The van der Waals surface area contributed by atoms with Crippen molar-refractivity contribution in [3.63, 3.8) is 0 Å². The molecule has 0 radical (unpaired) electrons. The molecule has 0 bridgehead atoms. The van der Waals surface area contributed by atoms with E-state index < -0.39 is 0 Å². The molecule has 4 nitrogen and oxygen atoms in total. The quantitative estimate of drug-likeness (QED) is 0.611. The Kier molecular flexibility index (Phi) is 1.91. The van der Waals surface area contributed by atoms with E-state index in [0.717, 1.165) is 18.6 Å². The van der Waals surface area contributed by atoms with Crippen molar-refractivity contribution >= 4 is 0 Å². The Balaban J connectivity index is 2.02. The highest BCUT2D eigenvalue weighted by molar-refractivity contribution is 5.09. The molecule has 2 rings (SSSR count). The first-order valence-electron chi connectivity index (χ1n) is 3.85. The fourth-order valence-electron chi connectivity index (χ4n) is 1.00. The molecule has 2 heterocycles. The molecule has 0 N–H and O–H groups in total. The molecule has 0 saturated carbocycles. The number of hydrogen-bond acceptors (Lipinski definition) is 4. The lowest BCUT2D eigenvalue weighted by molar-refractivity contribution is 0.378. The molecule has 1 aliphatic rings. The molecule has 64 valence electrons. The van der Waals surface area contributed by atoms with Crippen molar-refractivity contribution in [1.29, 1.82) is 0 Å². The van der Waals surface area contributed by atoms with Gasteiger partial charge < -0.3 is 9.47 Å². The Morgan fingerprint density at radius 3 is 2.75 bits per heavy atom. The van der Waals surface area contributed by atoms with Crippen LogP contribution in [-0.2, 0) is 11.2 Å². The smallest absolute Gasteiger partial charge is 0.316 e.